The number of aromatic nitrogens is 3. The normalized spacial score (nSPS) is 18.7. The fourth-order valence-electron chi connectivity index (χ4n) is 3.27. The molecule has 0 aromatic carbocycles. The Morgan fingerprint density at radius 3 is 2.74 bits per heavy atom. The van der Waals surface area contributed by atoms with Gasteiger partial charge in [0.25, 0.3) is 5.56 Å². The second kappa shape index (κ2) is 7.04. The number of hydrogen-bond acceptors (Lipinski definition) is 4. The van der Waals surface area contributed by atoms with Crippen molar-refractivity contribution < 1.29 is 0 Å². The van der Waals surface area contributed by atoms with Gasteiger partial charge in [-0.15, -0.1) is 0 Å². The standard InChI is InChI=1S/C18H24N4O/c1-14(2)12-21-11-3-4-16(21)13-22-18(23)6-5-17(20-22)15-7-9-19-10-8-15/h5-10,14,16H,3-4,11-13H2,1-2H3. The maximum absolute atomic E-state index is 12.2. The molecule has 5 nitrogen and oxygen atoms in total. The molecular formula is C18H24N4O. The van der Waals surface area contributed by atoms with Crippen molar-refractivity contribution in [1.82, 2.24) is 19.7 Å². The van der Waals surface area contributed by atoms with Crippen LogP contribution in [-0.4, -0.2) is 38.8 Å². The van der Waals surface area contributed by atoms with Gasteiger partial charge in [-0.05, 0) is 43.5 Å². The van der Waals surface area contributed by atoms with E-state index in [1.165, 1.54) is 6.42 Å². The van der Waals surface area contributed by atoms with E-state index in [-0.39, 0.29) is 5.56 Å². The molecule has 2 aromatic heterocycles. The lowest BCUT2D eigenvalue weighted by Crippen LogP contribution is -2.38. The molecule has 0 saturated carbocycles. The van der Waals surface area contributed by atoms with Gasteiger partial charge in [0.15, 0.2) is 0 Å². The molecule has 5 heteroatoms. The molecule has 1 atom stereocenters. The van der Waals surface area contributed by atoms with Crippen LogP contribution in [0.5, 0.6) is 0 Å². The summed E-state index contributed by atoms with van der Waals surface area (Å²) in [6.07, 6.45) is 5.83. The predicted molar refractivity (Wildman–Crippen MR) is 91.2 cm³/mol. The Morgan fingerprint density at radius 1 is 1.22 bits per heavy atom. The first-order valence-electron chi connectivity index (χ1n) is 8.36. The molecule has 1 unspecified atom stereocenters. The van der Waals surface area contributed by atoms with Crippen molar-refractivity contribution in [3.05, 3.63) is 47.0 Å². The van der Waals surface area contributed by atoms with Gasteiger partial charge in [-0.2, -0.15) is 5.10 Å². The SMILES string of the molecule is CC(C)CN1CCCC1Cn1nc(-c2ccncc2)ccc1=O. The molecule has 23 heavy (non-hydrogen) atoms. The highest BCUT2D eigenvalue weighted by Crippen LogP contribution is 2.20. The summed E-state index contributed by atoms with van der Waals surface area (Å²) < 4.78 is 1.62. The molecule has 0 amide bonds. The monoisotopic (exact) mass is 312 g/mol. The van der Waals surface area contributed by atoms with Gasteiger partial charge in [0.05, 0.1) is 12.2 Å². The molecule has 0 bridgehead atoms. The van der Waals surface area contributed by atoms with Gasteiger partial charge in [0.2, 0.25) is 0 Å². The third-order valence-corrected chi connectivity index (χ3v) is 4.33. The van der Waals surface area contributed by atoms with Crippen LogP contribution in [0.1, 0.15) is 26.7 Å². The lowest BCUT2D eigenvalue weighted by atomic mass is 10.1. The Balaban J connectivity index is 1.81. The zero-order chi connectivity index (χ0) is 16.2. The third-order valence-electron chi connectivity index (χ3n) is 4.33. The molecule has 0 N–H and O–H groups in total. The van der Waals surface area contributed by atoms with Crippen LogP contribution in [0.4, 0.5) is 0 Å². The minimum absolute atomic E-state index is 0.0285. The molecule has 1 saturated heterocycles. The number of pyridine rings is 1. The van der Waals surface area contributed by atoms with Gasteiger partial charge in [0.1, 0.15) is 0 Å². The topological polar surface area (TPSA) is 51.0 Å². The van der Waals surface area contributed by atoms with E-state index >= 15 is 0 Å². The summed E-state index contributed by atoms with van der Waals surface area (Å²) in [5.74, 6) is 0.642. The predicted octanol–water partition coefficient (Wildman–Crippen LogP) is 2.43. The molecule has 0 radical (unpaired) electrons. The van der Waals surface area contributed by atoms with Crippen molar-refractivity contribution in [2.45, 2.75) is 39.3 Å². The minimum Gasteiger partial charge on any atom is -0.298 e. The highest BCUT2D eigenvalue weighted by molar-refractivity contribution is 5.56. The Kier molecular flexibility index (Phi) is 4.86. The fraction of sp³-hybridized carbons (Fsp3) is 0.500. The summed E-state index contributed by atoms with van der Waals surface area (Å²) in [5, 5.41) is 4.57. The van der Waals surface area contributed by atoms with Crippen LogP contribution >= 0.6 is 0 Å². The molecule has 2 aromatic rings. The van der Waals surface area contributed by atoms with E-state index in [2.05, 4.69) is 28.8 Å². The molecule has 1 aliphatic rings. The second-order valence-electron chi connectivity index (χ2n) is 6.66. The number of likely N-dealkylation sites (tertiary alicyclic amines) is 1. The molecule has 122 valence electrons. The van der Waals surface area contributed by atoms with Crippen LogP contribution < -0.4 is 5.56 Å². The van der Waals surface area contributed by atoms with E-state index in [1.54, 1.807) is 29.2 Å². The Hall–Kier alpha value is -2.01. The zero-order valence-corrected chi connectivity index (χ0v) is 13.9. The summed E-state index contributed by atoms with van der Waals surface area (Å²) in [6.45, 7) is 7.36. The van der Waals surface area contributed by atoms with Gasteiger partial charge in [-0.3, -0.25) is 14.7 Å². The molecule has 3 heterocycles. The fourth-order valence-corrected chi connectivity index (χ4v) is 3.27. The number of nitrogens with zero attached hydrogens (tertiary/aromatic N) is 4. The van der Waals surface area contributed by atoms with E-state index in [0.29, 0.717) is 18.5 Å². The second-order valence-corrected chi connectivity index (χ2v) is 6.66. The molecular weight excluding hydrogens is 288 g/mol. The lowest BCUT2D eigenvalue weighted by Gasteiger charge is -2.26. The van der Waals surface area contributed by atoms with Crippen molar-refractivity contribution in [1.29, 1.82) is 0 Å². The number of rotatable bonds is 5. The average Bonchev–Trinajstić information content (AvgIpc) is 2.96. The first-order valence-corrected chi connectivity index (χ1v) is 8.36. The van der Waals surface area contributed by atoms with Crippen LogP contribution in [0.25, 0.3) is 11.3 Å². The van der Waals surface area contributed by atoms with Crippen LogP contribution in [0, 0.1) is 5.92 Å². The molecule has 3 rings (SSSR count). The number of hydrogen-bond donors (Lipinski definition) is 0. The van der Waals surface area contributed by atoms with E-state index in [9.17, 15) is 4.79 Å². The molecule has 1 aliphatic heterocycles. The molecule has 0 spiro atoms. The van der Waals surface area contributed by atoms with E-state index in [4.69, 9.17) is 0 Å². The maximum atomic E-state index is 12.2. The van der Waals surface area contributed by atoms with Gasteiger partial charge < -0.3 is 0 Å². The van der Waals surface area contributed by atoms with Crippen molar-refractivity contribution in [3.8, 4) is 11.3 Å². The minimum atomic E-state index is -0.0285. The van der Waals surface area contributed by atoms with E-state index in [1.807, 2.05) is 12.1 Å². The van der Waals surface area contributed by atoms with Crippen molar-refractivity contribution in [2.24, 2.45) is 5.92 Å². The summed E-state index contributed by atoms with van der Waals surface area (Å²) in [7, 11) is 0. The van der Waals surface area contributed by atoms with Crippen molar-refractivity contribution in [3.63, 3.8) is 0 Å². The zero-order valence-electron chi connectivity index (χ0n) is 13.9. The van der Waals surface area contributed by atoms with Crippen molar-refractivity contribution in [2.75, 3.05) is 13.1 Å². The maximum Gasteiger partial charge on any atom is 0.266 e. The van der Waals surface area contributed by atoms with Crippen LogP contribution in [0.2, 0.25) is 0 Å². The van der Waals surface area contributed by atoms with Crippen LogP contribution in [-0.2, 0) is 6.54 Å². The quantitative estimate of drug-likeness (QED) is 0.851. The highest BCUT2D eigenvalue weighted by atomic mass is 16.1. The molecule has 0 aliphatic carbocycles. The first-order chi connectivity index (χ1) is 11.1. The highest BCUT2D eigenvalue weighted by Gasteiger charge is 2.25. The van der Waals surface area contributed by atoms with Crippen LogP contribution in [0.3, 0.4) is 0 Å². The summed E-state index contributed by atoms with van der Waals surface area (Å²) in [5.41, 5.74) is 1.78. The van der Waals surface area contributed by atoms with Gasteiger partial charge >= 0.3 is 0 Å². The third kappa shape index (κ3) is 3.85. The van der Waals surface area contributed by atoms with Gasteiger partial charge in [0, 0.05) is 36.6 Å². The smallest absolute Gasteiger partial charge is 0.266 e. The largest absolute Gasteiger partial charge is 0.298 e. The van der Waals surface area contributed by atoms with Crippen LogP contribution in [0.15, 0.2) is 41.5 Å². The Morgan fingerprint density at radius 2 is 2.00 bits per heavy atom. The van der Waals surface area contributed by atoms with Crippen molar-refractivity contribution >= 4 is 0 Å². The summed E-state index contributed by atoms with van der Waals surface area (Å²) in [4.78, 5) is 18.7. The van der Waals surface area contributed by atoms with Gasteiger partial charge in [-0.25, -0.2) is 4.68 Å². The van der Waals surface area contributed by atoms with Gasteiger partial charge in [-0.1, -0.05) is 13.8 Å². The summed E-state index contributed by atoms with van der Waals surface area (Å²) in [6, 6.07) is 7.64. The average molecular weight is 312 g/mol. The Bertz CT molecular complexity index is 696. The van der Waals surface area contributed by atoms with E-state index in [0.717, 1.165) is 30.8 Å². The lowest BCUT2D eigenvalue weighted by molar-refractivity contribution is 0.202. The van der Waals surface area contributed by atoms with E-state index < -0.39 is 0 Å². The molecule has 1 fully saturated rings. The summed E-state index contributed by atoms with van der Waals surface area (Å²) >= 11 is 0. The first kappa shape index (κ1) is 15.9. The Labute approximate surface area is 137 Å².